The summed E-state index contributed by atoms with van der Waals surface area (Å²) in [6.07, 6.45) is 8.25. The van der Waals surface area contributed by atoms with E-state index in [-0.39, 0.29) is 6.61 Å². The second-order valence-electron chi connectivity index (χ2n) is 5.35. The summed E-state index contributed by atoms with van der Waals surface area (Å²) in [6.45, 7) is 3.15. The standard InChI is InChI=1S/C18H21N2O2S2/c1-4-20-15-10-13(22-3)8-9-16(15)24-18(20)7-5-6-17-19(2)11-14(12-21)23-17/h5-11,21H,4,12H2,1-3H3/q+1. The molecule has 0 saturated heterocycles. The van der Waals surface area contributed by atoms with E-state index in [1.807, 2.05) is 23.9 Å². The van der Waals surface area contributed by atoms with Crippen LogP contribution < -0.4 is 14.2 Å². The molecule has 1 N–H and O–H groups in total. The zero-order valence-electron chi connectivity index (χ0n) is 14.0. The lowest BCUT2D eigenvalue weighted by molar-refractivity contribution is -0.668. The molecule has 0 atom stereocenters. The molecule has 0 spiro atoms. The molecule has 0 saturated carbocycles. The number of ether oxygens (including phenoxy) is 1. The van der Waals surface area contributed by atoms with E-state index in [0.29, 0.717) is 0 Å². The van der Waals surface area contributed by atoms with Crippen molar-refractivity contribution in [1.82, 2.24) is 0 Å². The van der Waals surface area contributed by atoms with E-state index in [2.05, 4.69) is 42.2 Å². The summed E-state index contributed by atoms with van der Waals surface area (Å²) in [5.74, 6) is 0.881. The number of anilines is 1. The fourth-order valence-electron chi connectivity index (χ4n) is 2.61. The Morgan fingerprint density at radius 3 is 2.88 bits per heavy atom. The first-order chi connectivity index (χ1) is 11.7. The third kappa shape index (κ3) is 3.36. The fourth-order valence-corrected chi connectivity index (χ4v) is 4.61. The Morgan fingerprint density at radius 2 is 2.21 bits per heavy atom. The number of hydrogen-bond donors (Lipinski definition) is 1. The zero-order valence-corrected chi connectivity index (χ0v) is 15.7. The van der Waals surface area contributed by atoms with Gasteiger partial charge in [0.05, 0.1) is 29.3 Å². The Labute approximate surface area is 150 Å². The maximum Gasteiger partial charge on any atom is 0.261 e. The average molecular weight is 362 g/mol. The Bertz CT molecular complexity index is 796. The number of nitrogens with zero attached hydrogens (tertiary/aromatic N) is 2. The van der Waals surface area contributed by atoms with Crippen molar-refractivity contribution in [2.24, 2.45) is 7.05 Å². The number of allylic oxidation sites excluding steroid dienone is 2. The Balaban J connectivity index is 1.82. The maximum atomic E-state index is 9.22. The van der Waals surface area contributed by atoms with Gasteiger partial charge in [0.2, 0.25) is 0 Å². The number of methoxy groups -OCH3 is 1. The summed E-state index contributed by atoms with van der Waals surface area (Å²) in [5, 5.41) is 11.5. The predicted octanol–water partition coefficient (Wildman–Crippen LogP) is 3.56. The van der Waals surface area contributed by atoms with Crippen LogP contribution >= 0.6 is 23.1 Å². The second-order valence-corrected chi connectivity index (χ2v) is 7.56. The molecule has 6 heteroatoms. The van der Waals surface area contributed by atoms with E-state index >= 15 is 0 Å². The van der Waals surface area contributed by atoms with Gasteiger partial charge in [0.1, 0.15) is 12.8 Å². The number of hydrogen-bond acceptors (Lipinski definition) is 5. The number of aliphatic hydroxyl groups is 1. The highest BCUT2D eigenvalue weighted by atomic mass is 32.2. The molecule has 0 amide bonds. The first-order valence-corrected chi connectivity index (χ1v) is 9.40. The largest absolute Gasteiger partial charge is 0.497 e. The minimum atomic E-state index is 0.0873. The molecule has 4 nitrogen and oxygen atoms in total. The van der Waals surface area contributed by atoms with Crippen LogP contribution in [0.25, 0.3) is 6.08 Å². The molecule has 0 aliphatic carbocycles. The van der Waals surface area contributed by atoms with E-state index in [9.17, 15) is 5.11 Å². The minimum absolute atomic E-state index is 0.0873. The number of fused-ring (bicyclic) bond motifs is 1. The molecule has 1 aliphatic rings. The molecule has 0 unspecified atom stereocenters. The lowest BCUT2D eigenvalue weighted by atomic mass is 10.2. The van der Waals surface area contributed by atoms with E-state index in [0.717, 1.165) is 22.2 Å². The van der Waals surface area contributed by atoms with E-state index < -0.39 is 0 Å². The smallest absolute Gasteiger partial charge is 0.261 e. The normalized spacial score (nSPS) is 15.5. The SMILES string of the molecule is CCN1/C(=C/C=C\c2sc(CO)c[n+]2C)Sc2ccc(OC)cc21. The van der Waals surface area contributed by atoms with Gasteiger partial charge in [0, 0.05) is 23.6 Å². The molecule has 1 aromatic carbocycles. The van der Waals surface area contributed by atoms with Crippen molar-refractivity contribution in [1.29, 1.82) is 0 Å². The van der Waals surface area contributed by atoms with Crippen LogP contribution in [0.1, 0.15) is 16.8 Å². The van der Waals surface area contributed by atoms with E-state index in [4.69, 9.17) is 4.74 Å². The number of aryl methyl sites for hydroxylation is 1. The number of thiazole rings is 1. The molecule has 3 rings (SSSR count). The van der Waals surface area contributed by atoms with Crippen molar-refractivity contribution in [3.63, 3.8) is 0 Å². The zero-order chi connectivity index (χ0) is 17.1. The minimum Gasteiger partial charge on any atom is -0.497 e. The van der Waals surface area contributed by atoms with Gasteiger partial charge in [-0.15, -0.1) is 0 Å². The number of thioether (sulfide) groups is 1. The van der Waals surface area contributed by atoms with Crippen LogP contribution in [0.3, 0.4) is 0 Å². The molecule has 2 aromatic rings. The van der Waals surface area contributed by atoms with E-state index in [1.54, 1.807) is 30.2 Å². The molecule has 2 heterocycles. The maximum absolute atomic E-state index is 9.22. The Hall–Kier alpha value is -1.76. The van der Waals surface area contributed by atoms with Gasteiger partial charge in [-0.1, -0.05) is 29.2 Å². The molecule has 0 fully saturated rings. The van der Waals surface area contributed by atoms with Gasteiger partial charge in [0.25, 0.3) is 5.01 Å². The van der Waals surface area contributed by atoms with Crippen LogP contribution in [0.15, 0.2) is 46.5 Å². The van der Waals surface area contributed by atoms with Gasteiger partial charge in [-0.25, -0.2) is 0 Å². The molecule has 1 aromatic heterocycles. The van der Waals surface area contributed by atoms with Crippen molar-refractivity contribution < 1.29 is 14.4 Å². The highest BCUT2D eigenvalue weighted by Crippen LogP contribution is 2.47. The molecular weight excluding hydrogens is 340 g/mol. The van der Waals surface area contributed by atoms with Crippen molar-refractivity contribution in [2.75, 3.05) is 18.6 Å². The number of aromatic nitrogens is 1. The number of aliphatic hydroxyl groups excluding tert-OH is 1. The summed E-state index contributed by atoms with van der Waals surface area (Å²) in [7, 11) is 3.69. The summed E-state index contributed by atoms with van der Waals surface area (Å²) in [6, 6.07) is 6.20. The second kappa shape index (κ2) is 7.42. The van der Waals surface area contributed by atoms with Crippen molar-refractivity contribution in [3.05, 3.63) is 51.5 Å². The number of benzene rings is 1. The van der Waals surface area contributed by atoms with Gasteiger partial charge in [0.15, 0.2) is 6.20 Å². The van der Waals surface area contributed by atoms with Crippen molar-refractivity contribution in [2.45, 2.75) is 18.4 Å². The van der Waals surface area contributed by atoms with Crippen LogP contribution in [0.2, 0.25) is 0 Å². The Morgan fingerprint density at radius 1 is 1.38 bits per heavy atom. The first-order valence-electron chi connectivity index (χ1n) is 7.77. The predicted molar refractivity (Wildman–Crippen MR) is 100 cm³/mol. The van der Waals surface area contributed by atoms with Crippen LogP contribution in [0, 0.1) is 0 Å². The summed E-state index contributed by atoms with van der Waals surface area (Å²) in [5.41, 5.74) is 1.20. The van der Waals surface area contributed by atoms with Crippen molar-refractivity contribution >= 4 is 34.9 Å². The van der Waals surface area contributed by atoms with Crippen LogP contribution in [-0.2, 0) is 13.7 Å². The molecule has 1 aliphatic heterocycles. The molecular formula is C18H21N2O2S2+. The van der Waals surface area contributed by atoms with Crippen molar-refractivity contribution in [3.8, 4) is 5.75 Å². The molecule has 0 bridgehead atoms. The lowest BCUT2D eigenvalue weighted by Crippen LogP contribution is -2.27. The van der Waals surface area contributed by atoms with Gasteiger partial charge in [-0.05, 0) is 25.1 Å². The summed E-state index contributed by atoms with van der Waals surface area (Å²) < 4.78 is 7.37. The monoisotopic (exact) mass is 361 g/mol. The lowest BCUT2D eigenvalue weighted by Gasteiger charge is -2.18. The highest BCUT2D eigenvalue weighted by Gasteiger charge is 2.23. The van der Waals surface area contributed by atoms with Gasteiger partial charge in [-0.3, -0.25) is 0 Å². The topological polar surface area (TPSA) is 36.6 Å². The van der Waals surface area contributed by atoms with Crippen LogP contribution in [0.5, 0.6) is 5.75 Å². The summed E-state index contributed by atoms with van der Waals surface area (Å²) in [4.78, 5) is 4.51. The van der Waals surface area contributed by atoms with Gasteiger partial charge >= 0.3 is 0 Å². The fraction of sp³-hybridized carbons (Fsp3) is 0.278. The third-order valence-electron chi connectivity index (χ3n) is 3.81. The molecule has 126 valence electrons. The quantitative estimate of drug-likeness (QED) is 0.826. The summed E-state index contributed by atoms with van der Waals surface area (Å²) >= 11 is 3.37. The van der Waals surface area contributed by atoms with Crippen LogP contribution in [-0.4, -0.2) is 18.8 Å². The molecule has 24 heavy (non-hydrogen) atoms. The molecule has 0 radical (unpaired) electrons. The van der Waals surface area contributed by atoms with Gasteiger partial charge < -0.3 is 14.7 Å². The third-order valence-corrected chi connectivity index (χ3v) is 6.07. The number of rotatable bonds is 5. The first kappa shape index (κ1) is 17.1. The van der Waals surface area contributed by atoms with Crippen LogP contribution in [0.4, 0.5) is 5.69 Å². The van der Waals surface area contributed by atoms with Gasteiger partial charge in [-0.2, -0.15) is 4.57 Å². The Kier molecular flexibility index (Phi) is 5.28. The van der Waals surface area contributed by atoms with E-state index in [1.165, 1.54) is 15.6 Å². The highest BCUT2D eigenvalue weighted by molar-refractivity contribution is 8.03. The average Bonchev–Trinajstić information content (AvgIpc) is 3.13.